The summed E-state index contributed by atoms with van der Waals surface area (Å²) in [6, 6.07) is 17.5. The number of esters is 1. The van der Waals surface area contributed by atoms with Gasteiger partial charge in [0, 0.05) is 12.6 Å². The van der Waals surface area contributed by atoms with Crippen LogP contribution in [0.2, 0.25) is 0 Å². The molecule has 30 heavy (non-hydrogen) atoms. The van der Waals surface area contributed by atoms with Crippen molar-refractivity contribution in [2.24, 2.45) is 0 Å². The summed E-state index contributed by atoms with van der Waals surface area (Å²) in [5.41, 5.74) is 3.66. The highest BCUT2D eigenvalue weighted by Crippen LogP contribution is 2.23. The van der Waals surface area contributed by atoms with Crippen LogP contribution in [0.5, 0.6) is 0 Å². The van der Waals surface area contributed by atoms with Crippen molar-refractivity contribution >= 4 is 11.9 Å². The van der Waals surface area contributed by atoms with E-state index in [2.05, 4.69) is 24.4 Å². The summed E-state index contributed by atoms with van der Waals surface area (Å²) in [6.45, 7) is 6.65. The van der Waals surface area contributed by atoms with Crippen molar-refractivity contribution < 1.29 is 14.3 Å². The van der Waals surface area contributed by atoms with Crippen LogP contribution in [0.1, 0.15) is 43.9 Å². The van der Waals surface area contributed by atoms with Crippen LogP contribution < -0.4 is 5.32 Å². The fourth-order valence-electron chi connectivity index (χ4n) is 4.06. The number of carbonyl (C=O) groups excluding carboxylic acids is 2. The Balaban J connectivity index is 1.65. The first-order valence-corrected chi connectivity index (χ1v) is 10.8. The maximum absolute atomic E-state index is 13.2. The first-order chi connectivity index (χ1) is 14.5. The Morgan fingerprint density at radius 2 is 1.77 bits per heavy atom. The van der Waals surface area contributed by atoms with Crippen LogP contribution in [0.25, 0.3) is 0 Å². The Hall–Kier alpha value is -2.66. The van der Waals surface area contributed by atoms with E-state index in [4.69, 9.17) is 4.74 Å². The molecule has 0 aliphatic carbocycles. The second-order valence-electron chi connectivity index (χ2n) is 8.01. The monoisotopic (exact) mass is 408 g/mol. The number of benzene rings is 2. The molecule has 0 saturated heterocycles. The van der Waals surface area contributed by atoms with Gasteiger partial charge in [0.05, 0.1) is 12.6 Å². The van der Waals surface area contributed by atoms with E-state index in [0.29, 0.717) is 19.6 Å². The number of carbonyl (C=O) groups is 2. The number of nitrogens with one attached hydrogen (secondary N) is 1. The van der Waals surface area contributed by atoms with Gasteiger partial charge in [-0.15, -0.1) is 0 Å². The molecule has 0 fully saturated rings. The molecule has 0 spiro atoms. The summed E-state index contributed by atoms with van der Waals surface area (Å²) in [5, 5.41) is 3.25. The predicted octanol–water partition coefficient (Wildman–Crippen LogP) is 3.50. The third-order valence-electron chi connectivity index (χ3n) is 5.75. The number of hydrogen-bond acceptors (Lipinski definition) is 4. The number of fused-ring (bicyclic) bond motifs is 1. The molecule has 1 amide bonds. The maximum atomic E-state index is 13.2. The summed E-state index contributed by atoms with van der Waals surface area (Å²) in [4.78, 5) is 27.7. The number of rotatable bonds is 8. The van der Waals surface area contributed by atoms with Gasteiger partial charge in [0.25, 0.3) is 0 Å². The van der Waals surface area contributed by atoms with E-state index in [9.17, 15) is 9.59 Å². The van der Waals surface area contributed by atoms with Crippen molar-refractivity contribution in [3.63, 3.8) is 0 Å². The first-order valence-electron chi connectivity index (χ1n) is 10.8. The Morgan fingerprint density at radius 3 is 2.47 bits per heavy atom. The summed E-state index contributed by atoms with van der Waals surface area (Å²) >= 11 is 0. The molecular weight excluding hydrogens is 376 g/mol. The van der Waals surface area contributed by atoms with Gasteiger partial charge in [-0.1, -0.05) is 54.6 Å². The Bertz CT molecular complexity index is 852. The van der Waals surface area contributed by atoms with E-state index >= 15 is 0 Å². The van der Waals surface area contributed by atoms with Crippen LogP contribution >= 0.6 is 0 Å². The average molecular weight is 409 g/mol. The highest BCUT2D eigenvalue weighted by atomic mass is 16.5. The third kappa shape index (κ3) is 5.48. The third-order valence-corrected chi connectivity index (χ3v) is 5.75. The van der Waals surface area contributed by atoms with Crippen LogP contribution in [0, 0.1) is 0 Å². The van der Waals surface area contributed by atoms with Gasteiger partial charge in [0.1, 0.15) is 6.04 Å². The zero-order chi connectivity index (χ0) is 21.5. The number of amides is 1. The minimum absolute atomic E-state index is 0.0195. The molecule has 3 rings (SSSR count). The smallest absolute Gasteiger partial charge is 0.323 e. The number of ether oxygens (including phenoxy) is 1. The molecule has 0 bridgehead atoms. The lowest BCUT2D eigenvalue weighted by Crippen LogP contribution is -2.54. The normalized spacial score (nSPS) is 17.7. The molecule has 160 valence electrons. The fraction of sp³-hybridized carbons (Fsp3) is 0.440. The lowest BCUT2D eigenvalue weighted by Gasteiger charge is -2.37. The number of hydrogen-bond donors (Lipinski definition) is 1. The van der Waals surface area contributed by atoms with E-state index < -0.39 is 12.1 Å². The summed E-state index contributed by atoms with van der Waals surface area (Å²) < 4.78 is 5.26. The molecule has 2 aromatic rings. The summed E-state index contributed by atoms with van der Waals surface area (Å²) in [5.74, 6) is -0.281. The van der Waals surface area contributed by atoms with E-state index in [1.807, 2.05) is 54.3 Å². The SMILES string of the molecule is CCOC(=O)C(CCc1ccccc1)N[C@@H](C)C(=O)N1Cc2ccccc2C[C@H]1C. The molecule has 1 unspecified atom stereocenters. The van der Waals surface area contributed by atoms with Crippen molar-refractivity contribution in [1.82, 2.24) is 10.2 Å². The predicted molar refractivity (Wildman–Crippen MR) is 118 cm³/mol. The van der Waals surface area contributed by atoms with Gasteiger partial charge in [0.15, 0.2) is 0 Å². The van der Waals surface area contributed by atoms with Crippen LogP contribution in [0.4, 0.5) is 0 Å². The molecular formula is C25H32N2O3. The molecule has 1 N–H and O–H groups in total. The average Bonchev–Trinajstić information content (AvgIpc) is 2.76. The van der Waals surface area contributed by atoms with Crippen molar-refractivity contribution in [2.75, 3.05) is 6.61 Å². The van der Waals surface area contributed by atoms with Gasteiger partial charge in [0.2, 0.25) is 5.91 Å². The Morgan fingerprint density at radius 1 is 1.10 bits per heavy atom. The highest BCUT2D eigenvalue weighted by molar-refractivity contribution is 5.83. The van der Waals surface area contributed by atoms with Crippen molar-refractivity contribution in [2.45, 2.75) is 64.7 Å². The second kappa shape index (κ2) is 10.4. The van der Waals surface area contributed by atoms with Gasteiger partial charge >= 0.3 is 5.97 Å². The van der Waals surface area contributed by atoms with Crippen LogP contribution in [0.3, 0.4) is 0 Å². The molecule has 5 heteroatoms. The van der Waals surface area contributed by atoms with Crippen molar-refractivity contribution in [3.8, 4) is 0 Å². The first kappa shape index (κ1) is 22.0. The summed E-state index contributed by atoms with van der Waals surface area (Å²) in [7, 11) is 0. The molecule has 1 heterocycles. The maximum Gasteiger partial charge on any atom is 0.323 e. The van der Waals surface area contributed by atoms with E-state index in [1.165, 1.54) is 11.1 Å². The lowest BCUT2D eigenvalue weighted by molar-refractivity contribution is -0.146. The molecule has 2 aromatic carbocycles. The zero-order valence-electron chi connectivity index (χ0n) is 18.1. The van der Waals surface area contributed by atoms with Gasteiger partial charge in [-0.3, -0.25) is 14.9 Å². The molecule has 1 aliphatic heterocycles. The fourth-order valence-corrected chi connectivity index (χ4v) is 4.06. The van der Waals surface area contributed by atoms with Crippen molar-refractivity contribution in [3.05, 3.63) is 71.3 Å². The van der Waals surface area contributed by atoms with Crippen LogP contribution in [-0.2, 0) is 33.7 Å². The molecule has 5 nitrogen and oxygen atoms in total. The molecule has 0 radical (unpaired) electrons. The van der Waals surface area contributed by atoms with E-state index in [0.717, 1.165) is 18.4 Å². The van der Waals surface area contributed by atoms with Gasteiger partial charge in [-0.05, 0) is 56.7 Å². The van der Waals surface area contributed by atoms with Gasteiger partial charge in [-0.25, -0.2) is 0 Å². The largest absolute Gasteiger partial charge is 0.465 e. The van der Waals surface area contributed by atoms with E-state index in [1.54, 1.807) is 6.92 Å². The summed E-state index contributed by atoms with van der Waals surface area (Å²) in [6.07, 6.45) is 2.18. The number of nitrogens with zero attached hydrogens (tertiary/aromatic N) is 1. The minimum atomic E-state index is -0.517. The van der Waals surface area contributed by atoms with Crippen LogP contribution in [0.15, 0.2) is 54.6 Å². The molecule has 1 aliphatic rings. The quantitative estimate of drug-likeness (QED) is 0.679. The molecule has 0 saturated carbocycles. The Labute approximate surface area is 179 Å². The second-order valence-corrected chi connectivity index (χ2v) is 8.01. The molecule has 0 aromatic heterocycles. The number of aryl methyl sites for hydroxylation is 1. The van der Waals surface area contributed by atoms with E-state index in [-0.39, 0.29) is 17.9 Å². The standard InChI is InChI=1S/C25H32N2O3/c1-4-30-25(29)23(15-14-20-10-6-5-7-11-20)26-19(3)24(28)27-17-22-13-9-8-12-21(22)16-18(27)2/h5-13,18-19,23,26H,4,14-17H2,1-3H3/t18-,19+,23?/m1/s1. The Kier molecular flexibility index (Phi) is 7.63. The zero-order valence-corrected chi connectivity index (χ0v) is 18.1. The van der Waals surface area contributed by atoms with Crippen LogP contribution in [-0.4, -0.2) is 41.5 Å². The lowest BCUT2D eigenvalue weighted by atomic mass is 9.94. The van der Waals surface area contributed by atoms with Crippen molar-refractivity contribution in [1.29, 1.82) is 0 Å². The molecule has 3 atom stereocenters. The highest BCUT2D eigenvalue weighted by Gasteiger charge is 2.32. The van der Waals surface area contributed by atoms with Gasteiger partial charge in [-0.2, -0.15) is 0 Å². The minimum Gasteiger partial charge on any atom is -0.465 e. The van der Waals surface area contributed by atoms with Gasteiger partial charge < -0.3 is 9.64 Å². The topological polar surface area (TPSA) is 58.6 Å².